The molecule has 0 atom stereocenters. The van der Waals surface area contributed by atoms with Crippen LogP contribution < -0.4 is 10.6 Å². The number of nitrogens with one attached hydrogen (secondary N) is 2. The molecule has 27 heavy (non-hydrogen) atoms. The number of aromatic nitrogens is 1. The Bertz CT molecular complexity index is 984. The molecule has 3 aromatic rings. The van der Waals surface area contributed by atoms with Crippen LogP contribution >= 0.6 is 23.6 Å². The second kappa shape index (κ2) is 8.28. The van der Waals surface area contributed by atoms with Crippen LogP contribution in [0.25, 0.3) is 11.1 Å². The first kappa shape index (κ1) is 19.0. The molecule has 0 aliphatic rings. The molecule has 0 aliphatic carbocycles. The number of ether oxygens (including phenoxy) is 1. The molecule has 5 nitrogen and oxygen atoms in total. The summed E-state index contributed by atoms with van der Waals surface area (Å²) in [6.45, 7) is 3.96. The lowest BCUT2D eigenvalue weighted by atomic mass is 10.0. The van der Waals surface area contributed by atoms with Crippen molar-refractivity contribution in [2.75, 3.05) is 17.7 Å². The summed E-state index contributed by atoms with van der Waals surface area (Å²) in [4.78, 5) is 17.7. The fourth-order valence-electron chi connectivity index (χ4n) is 2.74. The number of pyridine rings is 1. The Morgan fingerprint density at radius 2 is 1.89 bits per heavy atom. The van der Waals surface area contributed by atoms with Crippen molar-refractivity contribution in [2.24, 2.45) is 0 Å². The molecule has 1 aromatic carbocycles. The number of carbonyl (C=O) groups excluding carboxylic acids is 1. The monoisotopic (exact) mass is 397 g/mol. The van der Waals surface area contributed by atoms with E-state index in [9.17, 15) is 4.79 Å². The summed E-state index contributed by atoms with van der Waals surface area (Å²) >= 11 is 6.87. The average molecular weight is 398 g/mol. The SMILES string of the molecule is COC(=O)c1c(NC(=S)Nc2cc(C)ccn2)sc(C)c1-c1ccccc1. The molecule has 0 aliphatic heterocycles. The second-order valence-electron chi connectivity index (χ2n) is 5.89. The number of benzene rings is 1. The van der Waals surface area contributed by atoms with Crippen LogP contribution in [0.15, 0.2) is 48.7 Å². The molecule has 0 spiro atoms. The van der Waals surface area contributed by atoms with Crippen molar-refractivity contribution in [2.45, 2.75) is 13.8 Å². The lowest BCUT2D eigenvalue weighted by Gasteiger charge is -2.11. The van der Waals surface area contributed by atoms with E-state index >= 15 is 0 Å². The van der Waals surface area contributed by atoms with Crippen molar-refractivity contribution >= 4 is 45.5 Å². The van der Waals surface area contributed by atoms with E-state index in [0.29, 0.717) is 21.5 Å². The Morgan fingerprint density at radius 3 is 2.56 bits per heavy atom. The topological polar surface area (TPSA) is 63.2 Å². The van der Waals surface area contributed by atoms with Crippen LogP contribution in [0.4, 0.5) is 10.8 Å². The maximum atomic E-state index is 12.5. The highest BCUT2D eigenvalue weighted by Gasteiger charge is 2.24. The molecular weight excluding hydrogens is 378 g/mol. The van der Waals surface area contributed by atoms with E-state index in [0.717, 1.165) is 21.6 Å². The number of rotatable bonds is 4. The van der Waals surface area contributed by atoms with Crippen LogP contribution in [-0.4, -0.2) is 23.2 Å². The van der Waals surface area contributed by atoms with Gasteiger partial charge in [-0.2, -0.15) is 0 Å². The Morgan fingerprint density at radius 1 is 1.15 bits per heavy atom. The van der Waals surface area contributed by atoms with Crippen molar-refractivity contribution in [3.63, 3.8) is 0 Å². The molecule has 2 aromatic heterocycles. The quantitative estimate of drug-likeness (QED) is 0.476. The smallest absolute Gasteiger partial charge is 0.341 e. The lowest BCUT2D eigenvalue weighted by Crippen LogP contribution is -2.20. The van der Waals surface area contributed by atoms with Crippen molar-refractivity contribution in [1.82, 2.24) is 4.98 Å². The average Bonchev–Trinajstić information content (AvgIpc) is 2.97. The van der Waals surface area contributed by atoms with Crippen LogP contribution in [0.1, 0.15) is 20.8 Å². The number of anilines is 2. The highest BCUT2D eigenvalue weighted by molar-refractivity contribution is 7.80. The Labute approximate surface area is 167 Å². The molecular formula is C20H19N3O2S2. The van der Waals surface area contributed by atoms with Crippen LogP contribution in [0.3, 0.4) is 0 Å². The highest BCUT2D eigenvalue weighted by atomic mass is 32.1. The number of esters is 1. The Balaban J connectivity index is 1.93. The third-order valence-corrected chi connectivity index (χ3v) is 5.15. The van der Waals surface area contributed by atoms with Crippen molar-refractivity contribution in [3.05, 3.63) is 64.7 Å². The maximum absolute atomic E-state index is 12.5. The predicted molar refractivity (Wildman–Crippen MR) is 115 cm³/mol. The summed E-state index contributed by atoms with van der Waals surface area (Å²) in [5.41, 5.74) is 3.36. The van der Waals surface area contributed by atoms with Gasteiger partial charge >= 0.3 is 5.97 Å². The minimum Gasteiger partial charge on any atom is -0.465 e. The van der Waals surface area contributed by atoms with Gasteiger partial charge in [-0.15, -0.1) is 11.3 Å². The number of carbonyl (C=O) groups is 1. The van der Waals surface area contributed by atoms with E-state index in [1.807, 2.05) is 56.3 Å². The van der Waals surface area contributed by atoms with Gasteiger partial charge in [-0.1, -0.05) is 30.3 Å². The van der Waals surface area contributed by atoms with Gasteiger partial charge in [0.05, 0.1) is 7.11 Å². The summed E-state index contributed by atoms with van der Waals surface area (Å²) in [5, 5.41) is 7.17. The van der Waals surface area contributed by atoms with Crippen molar-refractivity contribution in [3.8, 4) is 11.1 Å². The fourth-order valence-corrected chi connectivity index (χ4v) is 4.08. The van der Waals surface area contributed by atoms with Gasteiger partial charge in [-0.05, 0) is 49.3 Å². The largest absolute Gasteiger partial charge is 0.465 e. The standard InChI is InChI=1S/C20H19N3O2S2/c1-12-9-10-21-15(11-12)22-20(26)23-18-17(19(24)25-3)16(13(2)27-18)14-7-5-4-6-8-14/h4-11H,1-3H3,(H2,21,22,23,26). The second-order valence-corrected chi connectivity index (χ2v) is 7.53. The lowest BCUT2D eigenvalue weighted by molar-refractivity contribution is 0.0603. The molecule has 7 heteroatoms. The molecule has 3 rings (SSSR count). The number of nitrogens with zero attached hydrogens (tertiary/aromatic N) is 1. The number of thiocarbonyl (C=S) groups is 1. The summed E-state index contributed by atoms with van der Waals surface area (Å²) in [6.07, 6.45) is 1.71. The third-order valence-electron chi connectivity index (χ3n) is 3.92. The number of methoxy groups -OCH3 is 1. The summed E-state index contributed by atoms with van der Waals surface area (Å²) in [6, 6.07) is 13.6. The van der Waals surface area contributed by atoms with E-state index < -0.39 is 5.97 Å². The first-order valence-corrected chi connectivity index (χ1v) is 9.50. The zero-order valence-electron chi connectivity index (χ0n) is 15.2. The number of thiophene rings is 1. The number of aryl methyl sites for hydroxylation is 2. The minimum atomic E-state index is -0.405. The van der Waals surface area contributed by atoms with Gasteiger partial charge in [-0.25, -0.2) is 9.78 Å². The van der Waals surface area contributed by atoms with E-state index in [1.54, 1.807) is 6.20 Å². The van der Waals surface area contributed by atoms with E-state index in [2.05, 4.69) is 15.6 Å². The zero-order valence-corrected chi connectivity index (χ0v) is 16.8. The molecule has 2 heterocycles. The molecule has 0 radical (unpaired) electrons. The van der Waals surface area contributed by atoms with Crippen molar-refractivity contribution < 1.29 is 9.53 Å². The Kier molecular flexibility index (Phi) is 5.83. The summed E-state index contributed by atoms with van der Waals surface area (Å²) in [5.74, 6) is 0.237. The molecule has 0 unspecified atom stereocenters. The van der Waals surface area contributed by atoms with Gasteiger partial charge in [0.15, 0.2) is 5.11 Å². The van der Waals surface area contributed by atoms with Crippen molar-refractivity contribution in [1.29, 1.82) is 0 Å². The minimum absolute atomic E-state index is 0.360. The van der Waals surface area contributed by atoms with E-state index in [4.69, 9.17) is 17.0 Å². The zero-order chi connectivity index (χ0) is 19.4. The number of hydrogen-bond donors (Lipinski definition) is 2. The first-order chi connectivity index (χ1) is 13.0. The van der Waals surface area contributed by atoms with Crippen LogP contribution in [0, 0.1) is 13.8 Å². The van der Waals surface area contributed by atoms with Gasteiger partial charge in [0.2, 0.25) is 0 Å². The number of hydrogen-bond acceptors (Lipinski definition) is 5. The molecule has 0 fully saturated rings. The fraction of sp³-hybridized carbons (Fsp3) is 0.150. The van der Waals surface area contributed by atoms with E-state index in [-0.39, 0.29) is 0 Å². The third kappa shape index (κ3) is 4.32. The van der Waals surface area contributed by atoms with Gasteiger partial charge in [0.25, 0.3) is 0 Å². The molecule has 0 amide bonds. The molecule has 0 saturated carbocycles. The first-order valence-electron chi connectivity index (χ1n) is 8.27. The highest BCUT2D eigenvalue weighted by Crippen LogP contribution is 2.40. The molecule has 0 bridgehead atoms. The van der Waals surface area contributed by atoms with Gasteiger partial charge in [0, 0.05) is 16.6 Å². The van der Waals surface area contributed by atoms with Crippen LogP contribution in [0.5, 0.6) is 0 Å². The molecule has 138 valence electrons. The normalized spacial score (nSPS) is 10.3. The summed E-state index contributed by atoms with van der Waals surface area (Å²) in [7, 11) is 1.38. The summed E-state index contributed by atoms with van der Waals surface area (Å²) < 4.78 is 5.02. The van der Waals surface area contributed by atoms with E-state index in [1.165, 1.54) is 18.4 Å². The van der Waals surface area contributed by atoms with Gasteiger partial charge in [-0.3, -0.25) is 0 Å². The van der Waals surface area contributed by atoms with Gasteiger partial charge in [0.1, 0.15) is 16.4 Å². The Hall–Kier alpha value is -2.77. The maximum Gasteiger partial charge on any atom is 0.341 e. The predicted octanol–water partition coefficient (Wildman–Crippen LogP) is 5.02. The molecule has 0 saturated heterocycles. The van der Waals surface area contributed by atoms with Gasteiger partial charge < -0.3 is 15.4 Å². The van der Waals surface area contributed by atoms with Crippen LogP contribution in [-0.2, 0) is 4.74 Å². The van der Waals surface area contributed by atoms with Crippen LogP contribution in [0.2, 0.25) is 0 Å². The molecule has 2 N–H and O–H groups in total.